The van der Waals surface area contributed by atoms with Crippen molar-refractivity contribution in [3.63, 3.8) is 0 Å². The predicted octanol–water partition coefficient (Wildman–Crippen LogP) is 6.58. The van der Waals surface area contributed by atoms with E-state index in [1.165, 1.54) is 33.1 Å². The fraction of sp³-hybridized carbons (Fsp3) is 0.410. The molecule has 47 heavy (non-hydrogen) atoms. The maximum Gasteiger partial charge on any atom is 0.228 e. The molecule has 2 atom stereocenters. The van der Waals surface area contributed by atoms with Crippen molar-refractivity contribution in [3.05, 3.63) is 95.8 Å². The number of piperidine rings is 1. The standard InChI is InChI=1S/C39H46N4O4/c1-45-18-8-17-41-25-29(33-10-5-7-12-37(33)41)26-42(30-13-14-30)39(44)35-23-40-16-15-34(35)38-21-28-9-4-6-11-36(28)43(38)24-27-19-31(46-2)22-32(20-27)47-3/h4-7,9-12,19-22,25,30,34-35,40H,8,13-18,23-24,26H2,1-3H3/t34-,35-/m0/s1. The maximum atomic E-state index is 14.8. The van der Waals surface area contributed by atoms with Crippen LogP contribution in [-0.2, 0) is 29.2 Å². The number of fused-ring (bicyclic) bond motifs is 2. The van der Waals surface area contributed by atoms with Gasteiger partial charge < -0.3 is 33.6 Å². The van der Waals surface area contributed by atoms with Crippen LogP contribution in [-0.4, -0.2) is 67.0 Å². The molecule has 0 unspecified atom stereocenters. The molecule has 3 heterocycles. The smallest absolute Gasteiger partial charge is 0.228 e. The molecule has 1 saturated heterocycles. The summed E-state index contributed by atoms with van der Waals surface area (Å²) in [6, 6.07) is 25.8. The highest BCUT2D eigenvalue weighted by molar-refractivity contribution is 5.86. The van der Waals surface area contributed by atoms with Crippen LogP contribution in [0, 0.1) is 5.92 Å². The first-order chi connectivity index (χ1) is 23.1. The first kappa shape index (κ1) is 31.3. The van der Waals surface area contributed by atoms with Crippen LogP contribution in [0.2, 0.25) is 0 Å². The molecule has 1 amide bonds. The van der Waals surface area contributed by atoms with Crippen molar-refractivity contribution in [2.45, 2.75) is 57.3 Å². The van der Waals surface area contributed by atoms with Gasteiger partial charge in [0.2, 0.25) is 5.91 Å². The molecule has 1 saturated carbocycles. The van der Waals surface area contributed by atoms with Crippen molar-refractivity contribution in [1.29, 1.82) is 0 Å². The number of para-hydroxylation sites is 2. The Labute approximate surface area is 277 Å². The van der Waals surface area contributed by atoms with E-state index in [1.54, 1.807) is 21.3 Å². The number of aryl methyl sites for hydroxylation is 1. The Kier molecular flexibility index (Phi) is 9.23. The number of hydrogen-bond acceptors (Lipinski definition) is 5. The fourth-order valence-electron chi connectivity index (χ4n) is 7.51. The van der Waals surface area contributed by atoms with Gasteiger partial charge in [-0.3, -0.25) is 4.79 Å². The molecule has 246 valence electrons. The number of methoxy groups -OCH3 is 3. The Hall–Kier alpha value is -4.27. The topological polar surface area (TPSA) is 69.9 Å². The van der Waals surface area contributed by atoms with Crippen LogP contribution >= 0.6 is 0 Å². The molecule has 2 aliphatic rings. The Morgan fingerprint density at radius 3 is 2.40 bits per heavy atom. The SMILES string of the molecule is COCCCn1cc(CN(C(=O)[C@H]2CNCC[C@@H]2c2cc3ccccc3n2Cc2cc(OC)cc(OC)c2)C2CC2)c2ccccc21. The lowest BCUT2D eigenvalue weighted by Gasteiger charge is -2.36. The van der Waals surface area contributed by atoms with Crippen molar-refractivity contribution in [2.75, 3.05) is 41.0 Å². The van der Waals surface area contributed by atoms with Crippen LogP contribution in [0.4, 0.5) is 0 Å². The second-order valence-corrected chi connectivity index (χ2v) is 13.0. The van der Waals surface area contributed by atoms with E-state index in [2.05, 4.69) is 92.3 Å². The number of hydrogen-bond donors (Lipinski definition) is 1. The number of nitrogens with one attached hydrogen (secondary N) is 1. The molecule has 5 aromatic rings. The summed E-state index contributed by atoms with van der Waals surface area (Å²) >= 11 is 0. The zero-order valence-corrected chi connectivity index (χ0v) is 27.8. The highest BCUT2D eigenvalue weighted by Gasteiger charge is 2.41. The molecular weight excluding hydrogens is 588 g/mol. The molecule has 7 rings (SSSR count). The van der Waals surface area contributed by atoms with Gasteiger partial charge in [-0.2, -0.15) is 0 Å². The van der Waals surface area contributed by atoms with Gasteiger partial charge >= 0.3 is 0 Å². The average molecular weight is 635 g/mol. The second-order valence-electron chi connectivity index (χ2n) is 13.0. The third-order valence-corrected chi connectivity index (χ3v) is 10.0. The van der Waals surface area contributed by atoms with E-state index in [1.807, 2.05) is 6.07 Å². The molecule has 8 heteroatoms. The van der Waals surface area contributed by atoms with E-state index in [9.17, 15) is 4.79 Å². The van der Waals surface area contributed by atoms with Crippen molar-refractivity contribution >= 4 is 27.7 Å². The molecule has 0 radical (unpaired) electrons. The van der Waals surface area contributed by atoms with Crippen LogP contribution in [0.25, 0.3) is 21.8 Å². The van der Waals surface area contributed by atoms with Gasteiger partial charge in [-0.05, 0) is 79.1 Å². The van der Waals surface area contributed by atoms with Crippen molar-refractivity contribution in [3.8, 4) is 11.5 Å². The largest absolute Gasteiger partial charge is 0.497 e. The summed E-state index contributed by atoms with van der Waals surface area (Å²) < 4.78 is 21.3. The highest BCUT2D eigenvalue weighted by atomic mass is 16.5. The molecule has 0 bridgehead atoms. The minimum Gasteiger partial charge on any atom is -0.497 e. The molecule has 2 fully saturated rings. The number of ether oxygens (including phenoxy) is 3. The molecule has 8 nitrogen and oxygen atoms in total. The number of nitrogens with zero attached hydrogens (tertiary/aromatic N) is 3. The molecule has 1 N–H and O–H groups in total. The molecule has 0 spiro atoms. The number of rotatable bonds is 13. The van der Waals surface area contributed by atoms with Crippen LogP contribution in [0.15, 0.2) is 79.0 Å². The van der Waals surface area contributed by atoms with E-state index in [0.29, 0.717) is 25.7 Å². The summed E-state index contributed by atoms with van der Waals surface area (Å²) in [6.45, 7) is 4.49. The van der Waals surface area contributed by atoms with Crippen LogP contribution in [0.5, 0.6) is 11.5 Å². The van der Waals surface area contributed by atoms with Crippen LogP contribution in [0.3, 0.4) is 0 Å². The van der Waals surface area contributed by atoms with Gasteiger partial charge in [0.25, 0.3) is 0 Å². The van der Waals surface area contributed by atoms with E-state index >= 15 is 0 Å². The lowest BCUT2D eigenvalue weighted by atomic mass is 9.82. The summed E-state index contributed by atoms with van der Waals surface area (Å²) in [4.78, 5) is 17.0. The zero-order valence-electron chi connectivity index (χ0n) is 27.8. The number of benzene rings is 3. The molecule has 1 aliphatic carbocycles. The Morgan fingerprint density at radius 2 is 1.66 bits per heavy atom. The first-order valence-electron chi connectivity index (χ1n) is 16.9. The van der Waals surface area contributed by atoms with Gasteiger partial charge in [0, 0.05) is 86.2 Å². The van der Waals surface area contributed by atoms with Gasteiger partial charge in [-0.25, -0.2) is 0 Å². The first-order valence-corrected chi connectivity index (χ1v) is 16.9. The van der Waals surface area contributed by atoms with Gasteiger partial charge in [0.15, 0.2) is 0 Å². The van der Waals surface area contributed by atoms with Crippen LogP contribution < -0.4 is 14.8 Å². The maximum absolute atomic E-state index is 14.8. The van der Waals surface area contributed by atoms with Gasteiger partial charge in [0.05, 0.1) is 20.1 Å². The normalized spacial score (nSPS) is 18.1. The third-order valence-electron chi connectivity index (χ3n) is 10.0. The summed E-state index contributed by atoms with van der Waals surface area (Å²) in [7, 11) is 5.12. The quantitative estimate of drug-likeness (QED) is 0.148. The molecule has 1 aliphatic heterocycles. The number of aromatic nitrogens is 2. The van der Waals surface area contributed by atoms with Crippen molar-refractivity contribution in [2.24, 2.45) is 5.92 Å². The molecule has 3 aromatic carbocycles. The lowest BCUT2D eigenvalue weighted by Crippen LogP contribution is -2.47. The summed E-state index contributed by atoms with van der Waals surface area (Å²) in [6.07, 6.45) is 6.26. The van der Waals surface area contributed by atoms with Gasteiger partial charge in [-0.15, -0.1) is 0 Å². The minimum atomic E-state index is -0.151. The van der Waals surface area contributed by atoms with E-state index in [-0.39, 0.29) is 17.7 Å². The summed E-state index contributed by atoms with van der Waals surface area (Å²) in [5, 5.41) is 6.01. The second kappa shape index (κ2) is 13.8. The number of carbonyl (C=O) groups is 1. The number of carbonyl (C=O) groups excluding carboxylic acids is 1. The predicted molar refractivity (Wildman–Crippen MR) is 186 cm³/mol. The van der Waals surface area contributed by atoms with E-state index < -0.39 is 0 Å². The van der Waals surface area contributed by atoms with E-state index in [0.717, 1.165) is 62.4 Å². The van der Waals surface area contributed by atoms with Crippen molar-refractivity contribution < 1.29 is 19.0 Å². The van der Waals surface area contributed by atoms with Crippen molar-refractivity contribution in [1.82, 2.24) is 19.4 Å². The fourth-order valence-corrected chi connectivity index (χ4v) is 7.51. The van der Waals surface area contributed by atoms with Crippen LogP contribution in [0.1, 0.15) is 48.4 Å². The average Bonchev–Trinajstić information content (AvgIpc) is 3.81. The lowest BCUT2D eigenvalue weighted by molar-refractivity contribution is -0.138. The molecular formula is C39H46N4O4. The summed E-state index contributed by atoms with van der Waals surface area (Å²) in [5.41, 5.74) is 5.94. The zero-order chi connectivity index (χ0) is 32.3. The third kappa shape index (κ3) is 6.49. The van der Waals surface area contributed by atoms with Gasteiger partial charge in [-0.1, -0.05) is 36.4 Å². The Morgan fingerprint density at radius 1 is 0.915 bits per heavy atom. The minimum absolute atomic E-state index is 0.0975. The highest BCUT2D eigenvalue weighted by Crippen LogP contribution is 2.39. The van der Waals surface area contributed by atoms with Gasteiger partial charge in [0.1, 0.15) is 11.5 Å². The number of amides is 1. The monoisotopic (exact) mass is 634 g/mol. The molecule has 2 aromatic heterocycles. The van der Waals surface area contributed by atoms with E-state index in [4.69, 9.17) is 14.2 Å². The Bertz CT molecular complexity index is 1830. The summed E-state index contributed by atoms with van der Waals surface area (Å²) in [5.74, 6) is 1.75. The Balaban J connectivity index is 1.22.